The molecule has 2 rings (SSSR count). The molecule has 0 atom stereocenters. The summed E-state index contributed by atoms with van der Waals surface area (Å²) in [7, 11) is 1.96. The lowest BCUT2D eigenvalue weighted by atomic mass is 9.94. The monoisotopic (exact) mass is 278 g/mol. The summed E-state index contributed by atoms with van der Waals surface area (Å²) in [6, 6.07) is 7.29. The molecule has 1 aromatic carbocycles. The number of ether oxygens (including phenoxy) is 1. The van der Waals surface area contributed by atoms with Gasteiger partial charge in [-0.2, -0.15) is 0 Å². The predicted octanol–water partition coefficient (Wildman–Crippen LogP) is 0.759. The Morgan fingerprint density at radius 3 is 2.80 bits per heavy atom. The molecule has 110 valence electrons. The number of carbonyl (C=O) groups is 1. The summed E-state index contributed by atoms with van der Waals surface area (Å²) >= 11 is 0. The second-order valence-electron chi connectivity index (χ2n) is 5.57. The molecule has 1 amide bonds. The zero-order valence-electron chi connectivity index (χ0n) is 11.8. The van der Waals surface area contributed by atoms with E-state index in [2.05, 4.69) is 4.90 Å². The molecular formula is C15H22N2O3. The van der Waals surface area contributed by atoms with Crippen LogP contribution in [0, 0.1) is 0 Å². The fraction of sp³-hybridized carbons (Fsp3) is 0.533. The van der Waals surface area contributed by atoms with E-state index in [-0.39, 0.29) is 0 Å². The highest BCUT2D eigenvalue weighted by Gasteiger charge is 2.30. The van der Waals surface area contributed by atoms with Gasteiger partial charge in [-0.25, -0.2) is 0 Å². The Kier molecular flexibility index (Phi) is 4.75. The Balaban J connectivity index is 1.95. The number of nitrogens with two attached hydrogens (primary N) is 1. The molecule has 1 aliphatic heterocycles. The first kappa shape index (κ1) is 15.0. The minimum Gasteiger partial charge on any atom is -0.388 e. The maximum Gasteiger partial charge on any atom is 0.248 e. The van der Waals surface area contributed by atoms with Gasteiger partial charge in [-0.15, -0.1) is 0 Å². The second kappa shape index (κ2) is 6.35. The molecule has 0 aliphatic carbocycles. The van der Waals surface area contributed by atoms with E-state index in [0.717, 1.165) is 5.56 Å². The first-order chi connectivity index (χ1) is 9.48. The lowest BCUT2D eigenvalue weighted by molar-refractivity contribution is -0.0777. The first-order valence-electron chi connectivity index (χ1n) is 6.86. The van der Waals surface area contributed by atoms with Gasteiger partial charge in [0.2, 0.25) is 5.91 Å². The normalized spacial score (nSPS) is 18.1. The van der Waals surface area contributed by atoms with E-state index in [9.17, 15) is 9.90 Å². The summed E-state index contributed by atoms with van der Waals surface area (Å²) in [5, 5.41) is 10.5. The number of hydrogen-bond acceptors (Lipinski definition) is 4. The predicted molar refractivity (Wildman–Crippen MR) is 76.3 cm³/mol. The zero-order chi connectivity index (χ0) is 14.6. The minimum atomic E-state index is -0.672. The molecule has 1 aromatic rings. The van der Waals surface area contributed by atoms with Crippen molar-refractivity contribution in [3.05, 3.63) is 35.4 Å². The molecule has 0 spiro atoms. The Bertz CT molecular complexity index is 470. The van der Waals surface area contributed by atoms with Gasteiger partial charge in [0, 0.05) is 44.7 Å². The van der Waals surface area contributed by atoms with Crippen LogP contribution in [0.25, 0.3) is 0 Å². The molecule has 1 saturated heterocycles. The van der Waals surface area contributed by atoms with Gasteiger partial charge >= 0.3 is 0 Å². The van der Waals surface area contributed by atoms with E-state index >= 15 is 0 Å². The summed E-state index contributed by atoms with van der Waals surface area (Å²) in [6.45, 7) is 2.49. The third kappa shape index (κ3) is 4.03. The molecule has 0 saturated carbocycles. The molecule has 0 aromatic heterocycles. The van der Waals surface area contributed by atoms with E-state index in [1.165, 1.54) is 0 Å². The van der Waals surface area contributed by atoms with Crippen LogP contribution in [0.5, 0.6) is 0 Å². The molecule has 5 heteroatoms. The first-order valence-corrected chi connectivity index (χ1v) is 6.86. The van der Waals surface area contributed by atoms with Crippen molar-refractivity contribution >= 4 is 5.91 Å². The van der Waals surface area contributed by atoms with Gasteiger partial charge in [0.15, 0.2) is 0 Å². The summed E-state index contributed by atoms with van der Waals surface area (Å²) in [4.78, 5) is 13.2. The van der Waals surface area contributed by atoms with Crippen molar-refractivity contribution in [1.82, 2.24) is 4.90 Å². The fourth-order valence-electron chi connectivity index (χ4n) is 2.60. The van der Waals surface area contributed by atoms with Gasteiger partial charge in [-0.1, -0.05) is 12.1 Å². The maximum atomic E-state index is 11.2. The second-order valence-corrected chi connectivity index (χ2v) is 5.57. The number of likely N-dealkylation sites (N-methyl/N-ethyl adjacent to an activating group) is 1. The van der Waals surface area contributed by atoms with Crippen LogP contribution >= 0.6 is 0 Å². The van der Waals surface area contributed by atoms with Crippen molar-refractivity contribution < 1.29 is 14.6 Å². The fourth-order valence-corrected chi connectivity index (χ4v) is 2.60. The lowest BCUT2D eigenvalue weighted by Crippen LogP contribution is -2.45. The van der Waals surface area contributed by atoms with Gasteiger partial charge in [0.25, 0.3) is 0 Å². The third-order valence-corrected chi connectivity index (χ3v) is 3.65. The van der Waals surface area contributed by atoms with Crippen LogP contribution < -0.4 is 5.73 Å². The number of nitrogens with zero attached hydrogens (tertiary/aromatic N) is 1. The van der Waals surface area contributed by atoms with E-state index in [0.29, 0.717) is 44.7 Å². The maximum absolute atomic E-state index is 11.2. The van der Waals surface area contributed by atoms with Crippen LogP contribution in [-0.4, -0.2) is 48.3 Å². The third-order valence-electron chi connectivity index (χ3n) is 3.65. The number of hydrogen-bond donors (Lipinski definition) is 2. The van der Waals surface area contributed by atoms with Gasteiger partial charge in [-0.3, -0.25) is 9.69 Å². The summed E-state index contributed by atoms with van der Waals surface area (Å²) < 4.78 is 5.28. The number of benzene rings is 1. The molecule has 0 bridgehead atoms. The summed E-state index contributed by atoms with van der Waals surface area (Å²) in [5.41, 5.74) is 6.13. The quantitative estimate of drug-likeness (QED) is 0.833. The van der Waals surface area contributed by atoms with Crippen molar-refractivity contribution in [3.8, 4) is 0 Å². The molecule has 0 radical (unpaired) electrons. The highest BCUT2D eigenvalue weighted by Crippen LogP contribution is 2.22. The number of rotatable bonds is 5. The Labute approximate surface area is 119 Å². The standard InChI is InChI=1S/C15H22N2O3/c1-17(11-15(19)5-7-20-8-6-15)10-12-3-2-4-13(9-12)14(16)18/h2-4,9,19H,5-8,10-11H2,1H3,(H2,16,18). The van der Waals surface area contributed by atoms with Crippen molar-refractivity contribution in [2.24, 2.45) is 5.73 Å². The smallest absolute Gasteiger partial charge is 0.248 e. The number of amides is 1. The Morgan fingerprint density at radius 1 is 1.45 bits per heavy atom. The zero-order valence-corrected chi connectivity index (χ0v) is 11.8. The lowest BCUT2D eigenvalue weighted by Gasteiger charge is -2.35. The van der Waals surface area contributed by atoms with Gasteiger partial charge < -0.3 is 15.6 Å². The van der Waals surface area contributed by atoms with E-state index in [4.69, 9.17) is 10.5 Å². The molecule has 3 N–H and O–H groups in total. The van der Waals surface area contributed by atoms with Crippen LogP contribution in [0.1, 0.15) is 28.8 Å². The van der Waals surface area contributed by atoms with E-state index < -0.39 is 11.5 Å². The van der Waals surface area contributed by atoms with E-state index in [1.807, 2.05) is 19.2 Å². The van der Waals surface area contributed by atoms with Crippen molar-refractivity contribution in [2.45, 2.75) is 25.0 Å². The molecule has 5 nitrogen and oxygen atoms in total. The minimum absolute atomic E-state index is 0.419. The molecule has 20 heavy (non-hydrogen) atoms. The van der Waals surface area contributed by atoms with E-state index in [1.54, 1.807) is 12.1 Å². The molecular weight excluding hydrogens is 256 g/mol. The van der Waals surface area contributed by atoms with Crippen molar-refractivity contribution in [3.63, 3.8) is 0 Å². The van der Waals surface area contributed by atoms with Crippen LogP contribution in [0.15, 0.2) is 24.3 Å². The van der Waals surface area contributed by atoms with Crippen LogP contribution in [0.4, 0.5) is 0 Å². The van der Waals surface area contributed by atoms with Crippen LogP contribution in [0.3, 0.4) is 0 Å². The molecule has 0 unspecified atom stereocenters. The van der Waals surface area contributed by atoms with Crippen molar-refractivity contribution in [1.29, 1.82) is 0 Å². The largest absolute Gasteiger partial charge is 0.388 e. The molecule has 1 fully saturated rings. The Hall–Kier alpha value is -1.43. The average molecular weight is 278 g/mol. The number of carbonyl (C=O) groups excluding carboxylic acids is 1. The number of aliphatic hydroxyl groups is 1. The highest BCUT2D eigenvalue weighted by molar-refractivity contribution is 5.92. The summed E-state index contributed by atoms with van der Waals surface area (Å²) in [5.74, 6) is -0.419. The average Bonchev–Trinajstić information content (AvgIpc) is 2.39. The van der Waals surface area contributed by atoms with Crippen molar-refractivity contribution in [2.75, 3.05) is 26.8 Å². The summed E-state index contributed by atoms with van der Waals surface area (Å²) in [6.07, 6.45) is 1.33. The number of primary amides is 1. The van der Waals surface area contributed by atoms with Gasteiger partial charge in [0.05, 0.1) is 5.60 Å². The van der Waals surface area contributed by atoms with Gasteiger partial charge in [0.1, 0.15) is 0 Å². The highest BCUT2D eigenvalue weighted by atomic mass is 16.5. The molecule has 1 heterocycles. The van der Waals surface area contributed by atoms with Crippen LogP contribution in [0.2, 0.25) is 0 Å². The topological polar surface area (TPSA) is 75.8 Å². The van der Waals surface area contributed by atoms with Crippen LogP contribution in [-0.2, 0) is 11.3 Å². The van der Waals surface area contributed by atoms with Gasteiger partial charge in [-0.05, 0) is 24.7 Å². The molecule has 1 aliphatic rings. The Morgan fingerprint density at radius 2 is 2.15 bits per heavy atom. The SMILES string of the molecule is CN(Cc1cccc(C(N)=O)c1)CC1(O)CCOCC1.